The van der Waals surface area contributed by atoms with Crippen LogP contribution in [-0.4, -0.2) is 81.0 Å². The van der Waals surface area contributed by atoms with Crippen molar-refractivity contribution in [3.05, 3.63) is 0 Å². The van der Waals surface area contributed by atoms with Crippen molar-refractivity contribution in [3.63, 3.8) is 0 Å². The molecule has 0 radical (unpaired) electrons. The van der Waals surface area contributed by atoms with Crippen molar-refractivity contribution < 1.29 is 14.3 Å². The summed E-state index contributed by atoms with van der Waals surface area (Å²) < 4.78 is 10.7. The van der Waals surface area contributed by atoms with Crippen molar-refractivity contribution >= 4 is 6.03 Å². The van der Waals surface area contributed by atoms with Crippen LogP contribution in [0.25, 0.3) is 0 Å². The molecule has 0 aromatic rings. The molecule has 0 aromatic heterocycles. The summed E-state index contributed by atoms with van der Waals surface area (Å²) in [6, 6.07) is 1.14. The van der Waals surface area contributed by atoms with Gasteiger partial charge in [0.1, 0.15) is 0 Å². The van der Waals surface area contributed by atoms with E-state index < -0.39 is 0 Å². The lowest BCUT2D eigenvalue weighted by Crippen LogP contribution is -2.56. The second kappa shape index (κ2) is 9.02. The zero-order valence-electron chi connectivity index (χ0n) is 15.0. The highest BCUT2D eigenvalue weighted by atomic mass is 16.5. The van der Waals surface area contributed by atoms with E-state index in [2.05, 4.69) is 10.2 Å². The molecule has 0 aromatic carbocycles. The van der Waals surface area contributed by atoms with Crippen LogP contribution in [0.1, 0.15) is 38.5 Å². The minimum atomic E-state index is 0.136. The Hall–Kier alpha value is -0.850. The molecular formula is C18H33N3O3. The Bertz CT molecular complexity index is 385. The average molecular weight is 339 g/mol. The first kappa shape index (κ1) is 18.0. The summed E-state index contributed by atoms with van der Waals surface area (Å²) in [4.78, 5) is 17.0. The fourth-order valence-corrected chi connectivity index (χ4v) is 4.32. The topological polar surface area (TPSA) is 54.0 Å². The van der Waals surface area contributed by atoms with Gasteiger partial charge in [0.15, 0.2) is 0 Å². The summed E-state index contributed by atoms with van der Waals surface area (Å²) in [5.41, 5.74) is 0. The predicted octanol–water partition coefficient (Wildman–Crippen LogP) is 1.70. The molecule has 0 unspecified atom stereocenters. The summed E-state index contributed by atoms with van der Waals surface area (Å²) in [6.07, 6.45) is 6.77. The molecule has 2 heterocycles. The van der Waals surface area contributed by atoms with Crippen LogP contribution < -0.4 is 5.32 Å². The largest absolute Gasteiger partial charge is 0.384 e. The number of hydrogen-bond donors (Lipinski definition) is 1. The highest BCUT2D eigenvalue weighted by molar-refractivity contribution is 5.74. The molecule has 0 spiro atoms. The molecule has 0 atom stereocenters. The Morgan fingerprint density at radius 2 is 1.71 bits per heavy atom. The van der Waals surface area contributed by atoms with E-state index in [0.29, 0.717) is 18.0 Å². The van der Waals surface area contributed by atoms with E-state index in [0.717, 1.165) is 84.5 Å². The van der Waals surface area contributed by atoms with Gasteiger partial charge in [-0.3, -0.25) is 4.90 Å². The number of piperazine rings is 1. The number of methoxy groups -OCH3 is 1. The van der Waals surface area contributed by atoms with E-state index in [1.54, 1.807) is 7.11 Å². The molecule has 3 rings (SSSR count). The summed E-state index contributed by atoms with van der Waals surface area (Å²) in [5.74, 6) is 0.672. The van der Waals surface area contributed by atoms with E-state index >= 15 is 0 Å². The van der Waals surface area contributed by atoms with Crippen LogP contribution in [0.4, 0.5) is 4.79 Å². The lowest BCUT2D eigenvalue weighted by Gasteiger charge is -2.41. The molecule has 2 aliphatic heterocycles. The highest BCUT2D eigenvalue weighted by Gasteiger charge is 2.29. The van der Waals surface area contributed by atoms with Gasteiger partial charge >= 0.3 is 6.03 Å². The number of urea groups is 1. The third kappa shape index (κ3) is 4.83. The van der Waals surface area contributed by atoms with Gasteiger partial charge in [0, 0.05) is 65.2 Å². The van der Waals surface area contributed by atoms with Crippen molar-refractivity contribution in [2.24, 2.45) is 5.92 Å². The van der Waals surface area contributed by atoms with Crippen LogP contribution in [-0.2, 0) is 9.47 Å². The fraction of sp³-hybridized carbons (Fsp3) is 0.944. The first-order valence-corrected chi connectivity index (χ1v) is 9.62. The van der Waals surface area contributed by atoms with Crippen molar-refractivity contribution in [3.8, 4) is 0 Å². The second-order valence-electron chi connectivity index (χ2n) is 7.49. The van der Waals surface area contributed by atoms with Crippen molar-refractivity contribution in [2.45, 2.75) is 50.6 Å². The van der Waals surface area contributed by atoms with Gasteiger partial charge in [0.25, 0.3) is 0 Å². The van der Waals surface area contributed by atoms with Gasteiger partial charge in [-0.2, -0.15) is 0 Å². The minimum Gasteiger partial charge on any atom is -0.384 e. The molecule has 3 fully saturated rings. The van der Waals surface area contributed by atoms with E-state index in [1.165, 1.54) is 0 Å². The minimum absolute atomic E-state index is 0.136. The number of carbonyl (C=O) groups excluding carboxylic acids is 1. The van der Waals surface area contributed by atoms with Gasteiger partial charge in [0.2, 0.25) is 0 Å². The Labute approximate surface area is 145 Å². The van der Waals surface area contributed by atoms with E-state index in [9.17, 15) is 4.79 Å². The zero-order chi connectivity index (χ0) is 16.8. The molecule has 6 nitrogen and oxygen atoms in total. The number of ether oxygens (including phenoxy) is 2. The van der Waals surface area contributed by atoms with Gasteiger partial charge in [-0.1, -0.05) is 0 Å². The van der Waals surface area contributed by atoms with Gasteiger partial charge < -0.3 is 19.7 Å². The first-order chi connectivity index (χ1) is 11.8. The quantitative estimate of drug-likeness (QED) is 0.847. The zero-order valence-corrected chi connectivity index (χ0v) is 15.0. The van der Waals surface area contributed by atoms with Crippen LogP contribution in [0.2, 0.25) is 0 Å². The van der Waals surface area contributed by atoms with Gasteiger partial charge in [-0.05, 0) is 44.4 Å². The lowest BCUT2D eigenvalue weighted by molar-refractivity contribution is 0.0184. The lowest BCUT2D eigenvalue weighted by atomic mass is 9.86. The molecule has 2 saturated heterocycles. The monoisotopic (exact) mass is 339 g/mol. The molecule has 0 bridgehead atoms. The summed E-state index contributed by atoms with van der Waals surface area (Å²) >= 11 is 0. The first-order valence-electron chi connectivity index (χ1n) is 9.62. The van der Waals surface area contributed by atoms with E-state index in [-0.39, 0.29) is 6.03 Å². The molecule has 1 N–H and O–H groups in total. The van der Waals surface area contributed by atoms with Crippen LogP contribution in [0, 0.1) is 5.92 Å². The van der Waals surface area contributed by atoms with E-state index in [4.69, 9.17) is 9.47 Å². The van der Waals surface area contributed by atoms with Gasteiger partial charge in [-0.15, -0.1) is 0 Å². The number of nitrogens with one attached hydrogen (secondary N) is 1. The van der Waals surface area contributed by atoms with Crippen LogP contribution in [0.3, 0.4) is 0 Å². The Balaban J connectivity index is 1.36. The maximum atomic E-state index is 12.5. The van der Waals surface area contributed by atoms with Crippen molar-refractivity contribution in [2.75, 3.05) is 53.1 Å². The van der Waals surface area contributed by atoms with Crippen molar-refractivity contribution in [1.29, 1.82) is 0 Å². The number of rotatable bonds is 4. The molecule has 2 amide bonds. The smallest absolute Gasteiger partial charge is 0.317 e. The van der Waals surface area contributed by atoms with Crippen molar-refractivity contribution in [1.82, 2.24) is 15.1 Å². The number of carbonyl (C=O) groups is 1. The number of hydrogen-bond acceptors (Lipinski definition) is 4. The van der Waals surface area contributed by atoms with Gasteiger partial charge in [-0.25, -0.2) is 4.79 Å². The molecule has 3 aliphatic rings. The number of nitrogens with zero attached hydrogens (tertiary/aromatic N) is 2. The Kier molecular flexibility index (Phi) is 6.75. The summed E-state index contributed by atoms with van der Waals surface area (Å²) in [5, 5.41) is 3.25. The molecule has 138 valence electrons. The third-order valence-corrected chi connectivity index (χ3v) is 5.89. The summed E-state index contributed by atoms with van der Waals surface area (Å²) in [6.45, 7) is 6.32. The highest BCUT2D eigenvalue weighted by Crippen LogP contribution is 2.24. The second-order valence-corrected chi connectivity index (χ2v) is 7.49. The molecule has 6 heteroatoms. The average Bonchev–Trinajstić information content (AvgIpc) is 2.64. The van der Waals surface area contributed by atoms with Crippen LogP contribution in [0.5, 0.6) is 0 Å². The van der Waals surface area contributed by atoms with Gasteiger partial charge in [0.05, 0.1) is 0 Å². The standard InChI is InChI=1S/C18H33N3O3/c1-23-14-15-2-4-16(5-3-15)19-18(22)21-10-8-20(9-11-21)17-6-12-24-13-7-17/h15-17H,2-14H2,1H3,(H,19,22). The maximum Gasteiger partial charge on any atom is 0.317 e. The normalized spacial score (nSPS) is 30.3. The maximum absolute atomic E-state index is 12.5. The SMILES string of the molecule is COCC1CCC(NC(=O)N2CCN(C3CCOCC3)CC2)CC1. The number of amides is 2. The Morgan fingerprint density at radius 1 is 1.04 bits per heavy atom. The third-order valence-electron chi connectivity index (χ3n) is 5.89. The molecule has 1 aliphatic carbocycles. The molecule has 1 saturated carbocycles. The summed E-state index contributed by atoms with van der Waals surface area (Å²) in [7, 11) is 1.77. The Morgan fingerprint density at radius 3 is 2.33 bits per heavy atom. The van der Waals surface area contributed by atoms with Crippen LogP contribution in [0.15, 0.2) is 0 Å². The van der Waals surface area contributed by atoms with Crippen LogP contribution >= 0.6 is 0 Å². The molecular weight excluding hydrogens is 306 g/mol. The van der Waals surface area contributed by atoms with E-state index in [1.807, 2.05) is 4.90 Å². The molecule has 24 heavy (non-hydrogen) atoms. The fourth-order valence-electron chi connectivity index (χ4n) is 4.32. The predicted molar refractivity (Wildman–Crippen MR) is 93.1 cm³/mol.